The van der Waals surface area contributed by atoms with E-state index in [1.54, 1.807) is 21.1 Å². The number of fused-ring (bicyclic) bond motifs is 3. The van der Waals surface area contributed by atoms with E-state index >= 15 is 0 Å². The van der Waals surface area contributed by atoms with Crippen LogP contribution in [0.2, 0.25) is 0 Å². The number of nitrogens with one attached hydrogen (secondary N) is 1. The molecule has 1 aromatic carbocycles. The number of hydrogen-bond acceptors (Lipinski definition) is 10. The van der Waals surface area contributed by atoms with E-state index in [0.717, 1.165) is 11.3 Å². The van der Waals surface area contributed by atoms with Crippen molar-refractivity contribution in [2.45, 2.75) is 31.0 Å². The quantitative estimate of drug-likeness (QED) is 0.296. The van der Waals surface area contributed by atoms with Crippen molar-refractivity contribution in [3.63, 3.8) is 0 Å². The van der Waals surface area contributed by atoms with Gasteiger partial charge in [-0.15, -0.1) is 0 Å². The average molecular weight is 501 g/mol. The third kappa shape index (κ3) is 3.34. The van der Waals surface area contributed by atoms with Crippen molar-refractivity contribution in [3.8, 4) is 5.75 Å². The van der Waals surface area contributed by atoms with Crippen LogP contribution in [-0.4, -0.2) is 89.7 Å². The lowest BCUT2D eigenvalue weighted by Gasteiger charge is -2.50. The highest BCUT2D eigenvalue weighted by Gasteiger charge is 2.64. The molecule has 0 radical (unpaired) electrons. The Morgan fingerprint density at radius 1 is 1.19 bits per heavy atom. The third-order valence-corrected chi connectivity index (χ3v) is 7.59. The lowest BCUT2D eigenvalue weighted by atomic mass is 9.57. The van der Waals surface area contributed by atoms with Crippen molar-refractivity contribution >= 4 is 28.9 Å². The molecule has 1 amide bonds. The number of ketones is 2. The molecule has 7 N–H and O–H groups in total. The van der Waals surface area contributed by atoms with Gasteiger partial charge in [-0.1, -0.05) is 0 Å². The van der Waals surface area contributed by atoms with Crippen LogP contribution >= 0.6 is 0 Å². The molecular formula is C25H32N4O7. The smallest absolute Gasteiger partial charge is 0.255 e. The molecule has 0 bridgehead atoms. The molecule has 1 fully saturated rings. The fourth-order valence-electron chi connectivity index (χ4n) is 6.25. The number of aromatic hydroxyl groups is 1. The van der Waals surface area contributed by atoms with Gasteiger partial charge < -0.3 is 36.4 Å². The first-order chi connectivity index (χ1) is 16.8. The standard InChI is InChI=1S/C25H32N4O7/c1-27-9-11-8-14(30)16-12(18(11)28(2)3)6-10-7-13-19(29(4)5)21(32)17(24(26)35)23(34)25(13,36)22(33)15(10)20(16)31/h8,10,13,19,27,30-31,34,36H,6-7,9H2,1-5H3,(H2,26,35)/t10-,13-,19-,25-/m0/s1. The number of aliphatic hydroxyl groups excluding tert-OH is 2. The lowest BCUT2D eigenvalue weighted by Crippen LogP contribution is -2.65. The summed E-state index contributed by atoms with van der Waals surface area (Å²) in [7, 11) is 8.58. The second kappa shape index (κ2) is 8.61. The molecule has 36 heavy (non-hydrogen) atoms. The third-order valence-electron chi connectivity index (χ3n) is 7.59. The summed E-state index contributed by atoms with van der Waals surface area (Å²) in [6.07, 6.45) is 0.294. The number of hydrogen-bond donors (Lipinski definition) is 6. The first-order valence-electron chi connectivity index (χ1n) is 11.6. The van der Waals surface area contributed by atoms with Gasteiger partial charge in [0.25, 0.3) is 5.91 Å². The Labute approximate surface area is 208 Å². The fraction of sp³-hybridized carbons (Fsp3) is 0.480. The minimum absolute atomic E-state index is 0.0512. The summed E-state index contributed by atoms with van der Waals surface area (Å²) in [5.74, 6) is -6.60. The zero-order valence-electron chi connectivity index (χ0n) is 20.9. The Hall–Kier alpha value is -3.41. The highest BCUT2D eigenvalue weighted by Crippen LogP contribution is 2.54. The SMILES string of the molecule is CNCc1cc(O)c2c(c1N(C)C)C[C@H]1C[C@H]3[C@H](N(C)C)C(=O)C(C(N)=O)=C(O)[C@@]3(O)C(=O)C1=C2O. The zero-order valence-corrected chi connectivity index (χ0v) is 20.9. The Balaban J connectivity index is 2.00. The zero-order chi connectivity index (χ0) is 26.9. The molecular weight excluding hydrogens is 468 g/mol. The van der Waals surface area contributed by atoms with E-state index in [1.165, 1.54) is 11.0 Å². The molecule has 4 atom stereocenters. The van der Waals surface area contributed by atoms with Crippen LogP contribution in [0.5, 0.6) is 5.75 Å². The number of rotatable bonds is 5. The van der Waals surface area contributed by atoms with Crippen LogP contribution in [-0.2, 0) is 27.3 Å². The van der Waals surface area contributed by atoms with E-state index in [9.17, 15) is 34.8 Å². The van der Waals surface area contributed by atoms with Gasteiger partial charge in [0, 0.05) is 37.8 Å². The molecule has 1 aromatic rings. The Kier molecular flexibility index (Phi) is 6.14. The monoisotopic (exact) mass is 500 g/mol. The number of carbonyl (C=O) groups excluding carboxylic acids is 3. The minimum Gasteiger partial charge on any atom is -0.508 e. The average Bonchev–Trinajstić information content (AvgIpc) is 2.75. The maximum absolute atomic E-state index is 13.8. The van der Waals surface area contributed by atoms with Crippen molar-refractivity contribution in [1.29, 1.82) is 0 Å². The molecule has 0 spiro atoms. The lowest BCUT2D eigenvalue weighted by molar-refractivity contribution is -0.153. The summed E-state index contributed by atoms with van der Waals surface area (Å²) in [6.45, 7) is 0.448. The number of amides is 1. The molecule has 0 unspecified atom stereocenters. The first kappa shape index (κ1) is 25.7. The topological polar surface area (TPSA) is 177 Å². The predicted octanol–water partition coefficient (Wildman–Crippen LogP) is -0.251. The van der Waals surface area contributed by atoms with Crippen LogP contribution in [0.1, 0.15) is 23.1 Å². The summed E-state index contributed by atoms with van der Waals surface area (Å²) in [5.41, 5.74) is 3.99. The van der Waals surface area contributed by atoms with Crippen LogP contribution in [0.25, 0.3) is 5.76 Å². The number of phenolic OH excluding ortho intramolecular Hbond substituents is 1. The highest BCUT2D eigenvalue weighted by atomic mass is 16.3. The van der Waals surface area contributed by atoms with Gasteiger partial charge in [0.2, 0.25) is 5.78 Å². The summed E-state index contributed by atoms with van der Waals surface area (Å²) in [4.78, 5) is 42.4. The van der Waals surface area contributed by atoms with Crippen LogP contribution in [0.3, 0.4) is 0 Å². The summed E-state index contributed by atoms with van der Waals surface area (Å²) >= 11 is 0. The van der Waals surface area contributed by atoms with Crippen molar-refractivity contribution in [2.24, 2.45) is 17.6 Å². The molecule has 194 valence electrons. The van der Waals surface area contributed by atoms with E-state index in [-0.39, 0.29) is 29.7 Å². The van der Waals surface area contributed by atoms with Crippen LogP contribution in [0.15, 0.2) is 23.0 Å². The number of Topliss-reactive ketones (excluding diaryl/α,β-unsaturated/α-hetero) is 2. The van der Waals surface area contributed by atoms with Crippen LogP contribution in [0.4, 0.5) is 5.69 Å². The second-order valence-corrected chi connectivity index (χ2v) is 10.1. The molecule has 0 heterocycles. The number of aliphatic hydroxyl groups is 3. The van der Waals surface area contributed by atoms with E-state index in [1.807, 2.05) is 19.0 Å². The molecule has 3 aliphatic rings. The molecule has 11 nitrogen and oxygen atoms in total. The fourth-order valence-corrected chi connectivity index (χ4v) is 6.25. The van der Waals surface area contributed by atoms with Gasteiger partial charge in [-0.2, -0.15) is 0 Å². The molecule has 0 aliphatic heterocycles. The van der Waals surface area contributed by atoms with Gasteiger partial charge in [-0.3, -0.25) is 19.3 Å². The maximum Gasteiger partial charge on any atom is 0.255 e. The predicted molar refractivity (Wildman–Crippen MR) is 131 cm³/mol. The van der Waals surface area contributed by atoms with E-state index in [0.29, 0.717) is 12.1 Å². The van der Waals surface area contributed by atoms with Crippen molar-refractivity contribution in [1.82, 2.24) is 10.2 Å². The van der Waals surface area contributed by atoms with Crippen molar-refractivity contribution < 1.29 is 34.8 Å². The number of phenols is 1. The Morgan fingerprint density at radius 2 is 1.83 bits per heavy atom. The molecule has 4 rings (SSSR count). The molecule has 11 heteroatoms. The van der Waals surface area contributed by atoms with Crippen LogP contribution < -0.4 is 16.0 Å². The first-order valence-corrected chi connectivity index (χ1v) is 11.6. The van der Waals surface area contributed by atoms with Crippen LogP contribution in [0, 0.1) is 11.8 Å². The number of carbonyl (C=O) groups is 3. The molecule has 1 saturated carbocycles. The number of primary amides is 1. The number of nitrogens with two attached hydrogens (primary N) is 1. The molecule has 0 aromatic heterocycles. The number of nitrogens with zero attached hydrogens (tertiary/aromatic N) is 2. The molecule has 3 aliphatic carbocycles. The summed E-state index contributed by atoms with van der Waals surface area (Å²) in [5, 5.41) is 47.7. The van der Waals surface area contributed by atoms with Gasteiger partial charge in [0.1, 0.15) is 22.8 Å². The van der Waals surface area contributed by atoms with Gasteiger partial charge in [-0.25, -0.2) is 0 Å². The van der Waals surface area contributed by atoms with E-state index in [2.05, 4.69) is 5.32 Å². The van der Waals surface area contributed by atoms with Gasteiger partial charge >= 0.3 is 0 Å². The number of benzene rings is 1. The van der Waals surface area contributed by atoms with Gasteiger partial charge in [0.05, 0.1) is 11.6 Å². The Morgan fingerprint density at radius 3 is 2.36 bits per heavy atom. The Bertz CT molecular complexity index is 1250. The summed E-state index contributed by atoms with van der Waals surface area (Å²) in [6, 6.07) is 0.399. The highest BCUT2D eigenvalue weighted by molar-refractivity contribution is 6.24. The van der Waals surface area contributed by atoms with E-state index < -0.39 is 58.0 Å². The number of likely N-dealkylation sites (N-methyl/N-ethyl adjacent to an activating group) is 1. The van der Waals surface area contributed by atoms with Crippen molar-refractivity contribution in [2.75, 3.05) is 40.1 Å². The number of anilines is 1. The van der Waals surface area contributed by atoms with Gasteiger partial charge in [0.15, 0.2) is 11.4 Å². The van der Waals surface area contributed by atoms with Gasteiger partial charge in [-0.05, 0) is 57.1 Å². The molecule has 0 saturated heterocycles. The minimum atomic E-state index is -2.64. The van der Waals surface area contributed by atoms with Crippen molar-refractivity contribution in [3.05, 3.63) is 39.7 Å². The normalized spacial score (nSPS) is 27.7. The summed E-state index contributed by atoms with van der Waals surface area (Å²) < 4.78 is 0. The second-order valence-electron chi connectivity index (χ2n) is 10.1. The maximum atomic E-state index is 13.8. The van der Waals surface area contributed by atoms with E-state index in [4.69, 9.17) is 5.73 Å². The largest absolute Gasteiger partial charge is 0.508 e.